The number of benzene rings is 3. The molecule has 6 rings (SSSR count). The Morgan fingerprint density at radius 2 is 1.93 bits per heavy atom. The number of nitrogens with zero attached hydrogens (tertiary/aromatic N) is 2. The maximum atomic E-state index is 13.7. The van der Waals surface area contributed by atoms with Crippen LogP contribution in [0.25, 0.3) is 0 Å². The van der Waals surface area contributed by atoms with Gasteiger partial charge < -0.3 is 39.2 Å². The Morgan fingerprint density at radius 1 is 1.05 bits per heavy atom. The van der Waals surface area contributed by atoms with E-state index in [2.05, 4.69) is 27.2 Å². The third kappa shape index (κ3) is 7.24. The molecule has 0 saturated carbocycles. The SMILES string of the molecule is COCCCN1CCOc2ccc(CO[C@H]3CNC[C@@H](O)[C@@H]3c3ccc(OC4CCN(c5cccc(F)c5)C4)cc3)cc21. The van der Waals surface area contributed by atoms with E-state index in [-0.39, 0.29) is 23.9 Å². The Morgan fingerprint density at radius 3 is 2.77 bits per heavy atom. The van der Waals surface area contributed by atoms with Crippen molar-refractivity contribution in [2.75, 3.05) is 69.4 Å². The topological polar surface area (TPSA) is 75.7 Å². The second-order valence-corrected chi connectivity index (χ2v) is 11.6. The molecule has 0 radical (unpaired) electrons. The first-order valence-electron chi connectivity index (χ1n) is 15.3. The van der Waals surface area contributed by atoms with Gasteiger partial charge in [0, 0.05) is 57.9 Å². The number of aliphatic hydroxyl groups excluding tert-OH is 1. The number of piperidine rings is 1. The van der Waals surface area contributed by atoms with Gasteiger partial charge in [0.05, 0.1) is 37.6 Å². The van der Waals surface area contributed by atoms with Gasteiger partial charge in [-0.1, -0.05) is 24.3 Å². The molecule has 0 amide bonds. The van der Waals surface area contributed by atoms with Crippen molar-refractivity contribution < 1.29 is 28.4 Å². The van der Waals surface area contributed by atoms with E-state index in [0.29, 0.717) is 32.8 Å². The summed E-state index contributed by atoms with van der Waals surface area (Å²) in [5, 5.41) is 14.3. The molecule has 0 aromatic heterocycles. The molecule has 0 spiro atoms. The van der Waals surface area contributed by atoms with Crippen LogP contribution in [0.5, 0.6) is 11.5 Å². The Balaban J connectivity index is 1.07. The van der Waals surface area contributed by atoms with Crippen LogP contribution in [0.15, 0.2) is 66.7 Å². The molecule has 3 heterocycles. The molecule has 9 heteroatoms. The van der Waals surface area contributed by atoms with E-state index < -0.39 is 6.10 Å². The summed E-state index contributed by atoms with van der Waals surface area (Å²) >= 11 is 0. The summed E-state index contributed by atoms with van der Waals surface area (Å²) < 4.78 is 37.6. The van der Waals surface area contributed by atoms with Gasteiger partial charge in [0.15, 0.2) is 0 Å². The summed E-state index contributed by atoms with van der Waals surface area (Å²) in [5.74, 6) is 1.32. The normalized spacial score (nSPS) is 23.6. The highest BCUT2D eigenvalue weighted by molar-refractivity contribution is 5.61. The molecule has 0 aliphatic carbocycles. The van der Waals surface area contributed by atoms with Crippen molar-refractivity contribution in [3.8, 4) is 11.5 Å². The zero-order valence-electron chi connectivity index (χ0n) is 24.8. The number of β-amino-alcohol motifs (C(OH)–C–C–N with tert-alkyl or cyclic N) is 1. The molecule has 1 unspecified atom stereocenters. The summed E-state index contributed by atoms with van der Waals surface area (Å²) in [6.07, 6.45) is 1.12. The van der Waals surface area contributed by atoms with Gasteiger partial charge in [-0.3, -0.25) is 0 Å². The average molecular weight is 592 g/mol. The largest absolute Gasteiger partial charge is 0.490 e. The number of methoxy groups -OCH3 is 1. The van der Waals surface area contributed by atoms with Crippen molar-refractivity contribution >= 4 is 11.4 Å². The van der Waals surface area contributed by atoms with Crippen LogP contribution in [0, 0.1) is 5.82 Å². The smallest absolute Gasteiger partial charge is 0.142 e. The Labute approximate surface area is 253 Å². The lowest BCUT2D eigenvalue weighted by Crippen LogP contribution is -2.49. The van der Waals surface area contributed by atoms with Gasteiger partial charge in [-0.15, -0.1) is 0 Å². The number of rotatable bonds is 11. The second-order valence-electron chi connectivity index (χ2n) is 11.6. The third-order valence-electron chi connectivity index (χ3n) is 8.62. The summed E-state index contributed by atoms with van der Waals surface area (Å²) in [4.78, 5) is 4.51. The summed E-state index contributed by atoms with van der Waals surface area (Å²) in [5.41, 5.74) is 4.09. The van der Waals surface area contributed by atoms with Crippen LogP contribution >= 0.6 is 0 Å². The minimum Gasteiger partial charge on any atom is -0.490 e. The molecule has 0 bridgehead atoms. The molecule has 2 fully saturated rings. The zero-order chi connectivity index (χ0) is 29.6. The maximum Gasteiger partial charge on any atom is 0.142 e. The van der Waals surface area contributed by atoms with Crippen molar-refractivity contribution in [3.63, 3.8) is 0 Å². The van der Waals surface area contributed by atoms with Gasteiger partial charge in [0.2, 0.25) is 0 Å². The van der Waals surface area contributed by atoms with Crippen LogP contribution in [0.2, 0.25) is 0 Å². The van der Waals surface area contributed by atoms with E-state index in [1.54, 1.807) is 19.2 Å². The lowest BCUT2D eigenvalue weighted by molar-refractivity contribution is -0.0328. The summed E-state index contributed by atoms with van der Waals surface area (Å²) in [6.45, 7) is 6.36. The minimum atomic E-state index is -0.562. The Kier molecular flexibility index (Phi) is 9.63. The van der Waals surface area contributed by atoms with E-state index in [9.17, 15) is 9.50 Å². The quantitative estimate of drug-likeness (QED) is 0.319. The molecule has 3 aromatic carbocycles. The van der Waals surface area contributed by atoms with Crippen molar-refractivity contribution in [2.24, 2.45) is 0 Å². The molecule has 43 heavy (non-hydrogen) atoms. The predicted molar refractivity (Wildman–Crippen MR) is 165 cm³/mol. The first-order chi connectivity index (χ1) is 21.1. The van der Waals surface area contributed by atoms with Crippen LogP contribution in [-0.4, -0.2) is 83.0 Å². The van der Waals surface area contributed by atoms with Gasteiger partial charge >= 0.3 is 0 Å². The van der Waals surface area contributed by atoms with E-state index in [1.807, 2.05) is 36.4 Å². The van der Waals surface area contributed by atoms with Gasteiger partial charge in [-0.25, -0.2) is 4.39 Å². The minimum absolute atomic E-state index is 0.0348. The lowest BCUT2D eigenvalue weighted by atomic mass is 9.85. The number of anilines is 2. The number of nitrogens with one attached hydrogen (secondary N) is 1. The number of hydrogen-bond acceptors (Lipinski definition) is 8. The van der Waals surface area contributed by atoms with E-state index in [4.69, 9.17) is 18.9 Å². The fourth-order valence-electron chi connectivity index (χ4n) is 6.41. The average Bonchev–Trinajstić information content (AvgIpc) is 3.49. The van der Waals surface area contributed by atoms with Crippen LogP contribution in [0.1, 0.15) is 29.9 Å². The van der Waals surface area contributed by atoms with E-state index in [1.165, 1.54) is 6.07 Å². The number of aliphatic hydroxyl groups is 1. The number of halogens is 1. The van der Waals surface area contributed by atoms with Crippen molar-refractivity contribution in [1.82, 2.24) is 5.32 Å². The van der Waals surface area contributed by atoms with E-state index in [0.717, 1.165) is 73.1 Å². The van der Waals surface area contributed by atoms with Crippen molar-refractivity contribution in [2.45, 2.75) is 43.7 Å². The predicted octanol–water partition coefficient (Wildman–Crippen LogP) is 4.35. The molecular formula is C34H42FN3O5. The fourth-order valence-corrected chi connectivity index (χ4v) is 6.41. The van der Waals surface area contributed by atoms with Gasteiger partial charge in [0.25, 0.3) is 0 Å². The first kappa shape index (κ1) is 29.7. The molecule has 3 aliphatic heterocycles. The molecule has 4 atom stereocenters. The van der Waals surface area contributed by atoms with Crippen LogP contribution in [0.3, 0.4) is 0 Å². The third-order valence-corrected chi connectivity index (χ3v) is 8.62. The van der Waals surface area contributed by atoms with Gasteiger partial charge in [0.1, 0.15) is 30.0 Å². The molecule has 3 aromatic rings. The number of hydrogen-bond donors (Lipinski definition) is 2. The second kappa shape index (κ2) is 13.9. The highest BCUT2D eigenvalue weighted by Gasteiger charge is 2.34. The zero-order valence-corrected chi connectivity index (χ0v) is 24.8. The molecule has 8 nitrogen and oxygen atoms in total. The molecule has 2 saturated heterocycles. The standard InChI is InChI=1S/C34H42FN3O5/c1-40-16-3-13-37-15-17-41-32-11-6-24(18-30(32)37)23-42-33-21-36-20-31(39)34(33)25-7-9-28(10-8-25)43-29-12-14-38(22-29)27-5-2-4-26(35)19-27/h2,4-11,18-19,29,31,33-34,36,39H,3,12-17,20-23H2,1H3/t29?,31-,33+,34+/m1/s1. The highest BCUT2D eigenvalue weighted by atomic mass is 19.1. The Hall–Kier alpha value is -3.37. The first-order valence-corrected chi connectivity index (χ1v) is 15.3. The van der Waals surface area contributed by atoms with Crippen molar-refractivity contribution in [1.29, 1.82) is 0 Å². The number of fused-ring (bicyclic) bond motifs is 1. The van der Waals surface area contributed by atoms with Crippen LogP contribution in [0.4, 0.5) is 15.8 Å². The highest BCUT2D eigenvalue weighted by Crippen LogP contribution is 2.34. The molecule has 2 N–H and O–H groups in total. The molecule has 3 aliphatic rings. The summed E-state index contributed by atoms with van der Waals surface area (Å²) in [7, 11) is 1.73. The van der Waals surface area contributed by atoms with Crippen LogP contribution in [-0.2, 0) is 16.1 Å². The fraction of sp³-hybridized carbons (Fsp3) is 0.471. The monoisotopic (exact) mass is 591 g/mol. The van der Waals surface area contributed by atoms with Crippen molar-refractivity contribution in [3.05, 3.63) is 83.7 Å². The maximum absolute atomic E-state index is 13.7. The van der Waals surface area contributed by atoms with E-state index >= 15 is 0 Å². The van der Waals surface area contributed by atoms with Gasteiger partial charge in [-0.2, -0.15) is 0 Å². The molecular weight excluding hydrogens is 549 g/mol. The van der Waals surface area contributed by atoms with Gasteiger partial charge in [-0.05, 0) is 60.0 Å². The van der Waals surface area contributed by atoms with Crippen LogP contribution < -0.4 is 24.6 Å². The molecule has 230 valence electrons. The lowest BCUT2D eigenvalue weighted by Gasteiger charge is -2.36. The number of ether oxygens (including phenoxy) is 4. The summed E-state index contributed by atoms with van der Waals surface area (Å²) in [6, 6.07) is 21.0. The Bertz CT molecular complexity index is 1340.